The Morgan fingerprint density at radius 1 is 1.39 bits per heavy atom. The van der Waals surface area contributed by atoms with Gasteiger partial charge in [-0.15, -0.1) is 0 Å². The van der Waals surface area contributed by atoms with Crippen molar-refractivity contribution in [1.82, 2.24) is 4.90 Å². The monoisotopic (exact) mass is 336 g/mol. The zero-order chi connectivity index (χ0) is 16.4. The molecule has 23 heavy (non-hydrogen) atoms. The van der Waals surface area contributed by atoms with Gasteiger partial charge >= 0.3 is 0 Å². The van der Waals surface area contributed by atoms with Crippen molar-refractivity contribution >= 4 is 17.5 Å². The van der Waals surface area contributed by atoms with Gasteiger partial charge in [-0.05, 0) is 38.3 Å². The Kier molecular flexibility index (Phi) is 5.24. The number of carbonyl (C=O) groups excluding carboxylic acids is 1. The van der Waals surface area contributed by atoms with Crippen LogP contribution in [0.25, 0.3) is 0 Å². The van der Waals surface area contributed by atoms with E-state index in [1.54, 1.807) is 0 Å². The van der Waals surface area contributed by atoms with Gasteiger partial charge in [0.1, 0.15) is 6.10 Å². The number of amides is 1. The second-order valence-electron chi connectivity index (χ2n) is 6.72. The zero-order valence-electron chi connectivity index (χ0n) is 13.6. The summed E-state index contributed by atoms with van der Waals surface area (Å²) in [7, 11) is 0. The van der Waals surface area contributed by atoms with Gasteiger partial charge in [-0.2, -0.15) is 0 Å². The van der Waals surface area contributed by atoms with E-state index in [2.05, 4.69) is 0 Å². The number of halogens is 1. The highest BCUT2D eigenvalue weighted by Crippen LogP contribution is 2.35. The third-order valence-electron chi connectivity index (χ3n) is 5.25. The predicted octanol–water partition coefficient (Wildman–Crippen LogP) is 3.00. The lowest BCUT2D eigenvalue weighted by Crippen LogP contribution is -2.51. The molecule has 0 radical (unpaired) electrons. The molecule has 0 aromatic heterocycles. The van der Waals surface area contributed by atoms with E-state index in [0.717, 1.165) is 24.8 Å². The van der Waals surface area contributed by atoms with Crippen LogP contribution < -0.4 is 5.73 Å². The predicted molar refractivity (Wildman–Crippen MR) is 91.2 cm³/mol. The molecule has 3 rings (SSSR count). The third kappa shape index (κ3) is 3.39. The highest BCUT2D eigenvalue weighted by molar-refractivity contribution is 6.31. The fraction of sp³-hybridized carbons (Fsp3) is 0.611. The standard InChI is InChI=1S/C18H25ClN2O2/c1-12-11-23-17(15-6-2-3-8-16(15)19)10-21(12)18(22)14-7-4-5-13(14)9-20/h2-3,6,8,12-14,17H,4-5,7,9-11,20H2,1H3/t12?,13-,14-,17?/m1/s1. The van der Waals surface area contributed by atoms with Crippen molar-refractivity contribution < 1.29 is 9.53 Å². The molecule has 1 aliphatic heterocycles. The minimum atomic E-state index is -0.151. The van der Waals surface area contributed by atoms with Crippen molar-refractivity contribution in [2.24, 2.45) is 17.6 Å². The molecule has 2 aliphatic rings. The summed E-state index contributed by atoms with van der Waals surface area (Å²) in [6.45, 7) is 3.76. The molecule has 1 heterocycles. The van der Waals surface area contributed by atoms with Crippen LogP contribution in [-0.2, 0) is 9.53 Å². The van der Waals surface area contributed by atoms with Crippen molar-refractivity contribution in [3.63, 3.8) is 0 Å². The molecule has 5 heteroatoms. The molecule has 4 nitrogen and oxygen atoms in total. The molecule has 1 aliphatic carbocycles. The first-order chi connectivity index (χ1) is 11.1. The quantitative estimate of drug-likeness (QED) is 0.923. The first-order valence-electron chi connectivity index (χ1n) is 8.48. The largest absolute Gasteiger partial charge is 0.369 e. The fourth-order valence-electron chi connectivity index (χ4n) is 3.85. The van der Waals surface area contributed by atoms with Crippen LogP contribution in [0.2, 0.25) is 5.02 Å². The smallest absolute Gasteiger partial charge is 0.226 e. The Hall–Kier alpha value is -1.10. The number of hydrogen-bond acceptors (Lipinski definition) is 3. The number of morpholine rings is 1. The highest BCUT2D eigenvalue weighted by atomic mass is 35.5. The molecule has 2 N–H and O–H groups in total. The van der Waals surface area contributed by atoms with Gasteiger partial charge in [-0.3, -0.25) is 4.79 Å². The average molecular weight is 337 g/mol. The van der Waals surface area contributed by atoms with Crippen LogP contribution in [0.5, 0.6) is 0 Å². The van der Waals surface area contributed by atoms with Gasteiger partial charge in [-0.25, -0.2) is 0 Å². The Morgan fingerprint density at radius 3 is 2.91 bits per heavy atom. The normalized spacial score (nSPS) is 31.3. The summed E-state index contributed by atoms with van der Waals surface area (Å²) < 4.78 is 5.95. The molecular formula is C18H25ClN2O2. The topological polar surface area (TPSA) is 55.6 Å². The molecule has 126 valence electrons. The minimum absolute atomic E-state index is 0.0763. The minimum Gasteiger partial charge on any atom is -0.369 e. The van der Waals surface area contributed by atoms with Gasteiger partial charge in [0.2, 0.25) is 5.91 Å². The van der Waals surface area contributed by atoms with Crippen LogP contribution in [-0.4, -0.2) is 36.5 Å². The summed E-state index contributed by atoms with van der Waals surface area (Å²) >= 11 is 6.29. The van der Waals surface area contributed by atoms with Crippen LogP contribution >= 0.6 is 11.6 Å². The van der Waals surface area contributed by atoms with Crippen molar-refractivity contribution in [1.29, 1.82) is 0 Å². The summed E-state index contributed by atoms with van der Waals surface area (Å²) in [6, 6.07) is 7.80. The third-order valence-corrected chi connectivity index (χ3v) is 5.59. The fourth-order valence-corrected chi connectivity index (χ4v) is 4.10. The summed E-state index contributed by atoms with van der Waals surface area (Å²) in [4.78, 5) is 15.0. The number of nitrogens with zero attached hydrogens (tertiary/aromatic N) is 1. The SMILES string of the molecule is CC1COC(c2ccccc2Cl)CN1C(=O)[C@@H]1CCC[C@@H]1CN. The van der Waals surface area contributed by atoms with Crippen LogP contribution in [0, 0.1) is 11.8 Å². The number of hydrogen-bond donors (Lipinski definition) is 1. The van der Waals surface area contributed by atoms with Crippen molar-refractivity contribution in [2.45, 2.75) is 38.3 Å². The van der Waals surface area contributed by atoms with Gasteiger partial charge < -0.3 is 15.4 Å². The molecule has 4 atom stereocenters. The number of carbonyl (C=O) groups is 1. The molecule has 0 spiro atoms. The Morgan fingerprint density at radius 2 is 2.17 bits per heavy atom. The highest BCUT2D eigenvalue weighted by Gasteiger charge is 2.39. The molecule has 2 unspecified atom stereocenters. The lowest BCUT2D eigenvalue weighted by molar-refractivity contribution is -0.149. The van der Waals surface area contributed by atoms with Gasteiger partial charge in [0.15, 0.2) is 0 Å². The van der Waals surface area contributed by atoms with E-state index in [4.69, 9.17) is 22.1 Å². The first-order valence-corrected chi connectivity index (χ1v) is 8.86. The number of nitrogens with two attached hydrogens (primary N) is 1. The molecule has 1 saturated heterocycles. The molecule has 1 aromatic rings. The molecule has 1 amide bonds. The van der Waals surface area contributed by atoms with Crippen molar-refractivity contribution in [3.05, 3.63) is 34.9 Å². The molecular weight excluding hydrogens is 312 g/mol. The number of ether oxygens (including phenoxy) is 1. The van der Waals surface area contributed by atoms with Gasteiger partial charge in [-0.1, -0.05) is 36.2 Å². The summed E-state index contributed by atoms with van der Waals surface area (Å²) in [5.74, 6) is 0.648. The number of rotatable bonds is 3. The van der Waals surface area contributed by atoms with E-state index in [0.29, 0.717) is 30.6 Å². The molecule has 1 saturated carbocycles. The first kappa shape index (κ1) is 16.7. The van der Waals surface area contributed by atoms with Crippen molar-refractivity contribution in [3.8, 4) is 0 Å². The Labute approximate surface area is 142 Å². The molecule has 0 bridgehead atoms. The van der Waals surface area contributed by atoms with Crippen LogP contribution in [0.1, 0.15) is 37.9 Å². The van der Waals surface area contributed by atoms with E-state index < -0.39 is 0 Å². The lowest BCUT2D eigenvalue weighted by atomic mass is 9.93. The zero-order valence-corrected chi connectivity index (χ0v) is 14.3. The molecule has 2 fully saturated rings. The van der Waals surface area contributed by atoms with E-state index in [1.807, 2.05) is 36.1 Å². The van der Waals surface area contributed by atoms with Gasteiger partial charge in [0.25, 0.3) is 0 Å². The second kappa shape index (κ2) is 7.20. The van der Waals surface area contributed by atoms with Crippen LogP contribution in [0.4, 0.5) is 0 Å². The van der Waals surface area contributed by atoms with Crippen LogP contribution in [0.3, 0.4) is 0 Å². The van der Waals surface area contributed by atoms with Crippen molar-refractivity contribution in [2.75, 3.05) is 19.7 Å². The molecule has 1 aromatic carbocycles. The van der Waals surface area contributed by atoms with Gasteiger partial charge in [0, 0.05) is 16.5 Å². The summed E-state index contributed by atoms with van der Waals surface area (Å²) in [5.41, 5.74) is 6.81. The van der Waals surface area contributed by atoms with E-state index >= 15 is 0 Å². The maximum atomic E-state index is 13.0. The van der Waals surface area contributed by atoms with Gasteiger partial charge in [0.05, 0.1) is 19.2 Å². The summed E-state index contributed by atoms with van der Waals surface area (Å²) in [6.07, 6.45) is 2.98. The van der Waals surface area contributed by atoms with E-state index in [-0.39, 0.29) is 24.0 Å². The van der Waals surface area contributed by atoms with E-state index in [9.17, 15) is 4.79 Å². The maximum Gasteiger partial charge on any atom is 0.226 e. The summed E-state index contributed by atoms with van der Waals surface area (Å²) in [5, 5.41) is 0.695. The number of benzene rings is 1. The Balaban J connectivity index is 1.76. The lowest BCUT2D eigenvalue weighted by Gasteiger charge is -2.40. The average Bonchev–Trinajstić information content (AvgIpc) is 3.04. The second-order valence-corrected chi connectivity index (χ2v) is 7.12. The maximum absolute atomic E-state index is 13.0. The Bertz CT molecular complexity index is 566. The van der Waals surface area contributed by atoms with E-state index in [1.165, 1.54) is 0 Å². The van der Waals surface area contributed by atoms with Crippen LogP contribution in [0.15, 0.2) is 24.3 Å².